The lowest BCUT2D eigenvalue weighted by atomic mass is 9.48. The van der Waals surface area contributed by atoms with Gasteiger partial charge in [0.05, 0.1) is 15.9 Å². The predicted octanol–water partition coefficient (Wildman–Crippen LogP) is 2.94. The number of nitrogens with one attached hydrogen (secondary N) is 1. The van der Waals surface area contributed by atoms with Crippen molar-refractivity contribution < 1.29 is 28.7 Å². The van der Waals surface area contributed by atoms with E-state index in [9.17, 15) is 29.2 Å². The highest BCUT2D eigenvalue weighted by Gasteiger charge is 2.61. The maximum absolute atomic E-state index is 13.4. The van der Waals surface area contributed by atoms with Crippen molar-refractivity contribution in [3.8, 4) is 0 Å². The number of anilines is 1. The Hall–Kier alpha value is -2.55. The number of carbonyl (C=O) groups excluding carboxylic acids is 2. The van der Waals surface area contributed by atoms with Gasteiger partial charge in [-0.1, -0.05) is 0 Å². The summed E-state index contributed by atoms with van der Waals surface area (Å²) in [7, 11) is 0. The van der Waals surface area contributed by atoms with E-state index in [2.05, 4.69) is 5.32 Å². The zero-order valence-electron chi connectivity index (χ0n) is 16.0. The van der Waals surface area contributed by atoms with E-state index in [1.165, 1.54) is 13.0 Å². The van der Waals surface area contributed by atoms with Gasteiger partial charge >= 0.3 is 11.7 Å². The second-order valence-corrected chi connectivity index (χ2v) is 8.93. The monoisotopic (exact) mass is 406 g/mol. The normalized spacial score (nSPS) is 33.2. The molecule has 4 bridgehead atoms. The van der Waals surface area contributed by atoms with E-state index in [1.54, 1.807) is 0 Å². The molecule has 5 rings (SSSR count). The molecule has 1 aromatic rings. The number of esters is 1. The number of ether oxygens (including phenoxy) is 1. The highest BCUT2D eigenvalue weighted by atomic mass is 19.1. The lowest BCUT2D eigenvalue weighted by molar-refractivity contribution is -0.387. The number of aliphatic hydroxyl groups is 1. The molecular formula is C20H23FN2O6. The van der Waals surface area contributed by atoms with E-state index in [0.29, 0.717) is 31.1 Å². The number of halogens is 1. The zero-order chi connectivity index (χ0) is 21.0. The summed E-state index contributed by atoms with van der Waals surface area (Å²) >= 11 is 0. The first-order chi connectivity index (χ1) is 13.6. The Bertz CT molecular complexity index is 874. The molecule has 4 fully saturated rings. The summed E-state index contributed by atoms with van der Waals surface area (Å²) in [6.45, 7) is 1.42. The van der Waals surface area contributed by atoms with Crippen LogP contribution in [-0.4, -0.2) is 33.6 Å². The van der Waals surface area contributed by atoms with E-state index in [0.717, 1.165) is 31.4 Å². The molecule has 4 saturated carbocycles. The standard InChI is InChI=1S/C20H23FN2O6/c1-11(17(24)22-14-2-3-15(21)16(5-14)23(27)28)29-18(25)19-6-12-4-13(7-19)9-20(26,8-12)10-19/h2-3,5,11-13,26H,4,6-10H2,1H3,(H,22,24)/t11-,12-,13+,19?,20?/m0/s1. The number of nitro groups is 1. The van der Waals surface area contributed by atoms with Crippen LogP contribution < -0.4 is 5.32 Å². The summed E-state index contributed by atoms with van der Waals surface area (Å²) < 4.78 is 18.9. The van der Waals surface area contributed by atoms with Crippen molar-refractivity contribution in [2.45, 2.75) is 57.2 Å². The van der Waals surface area contributed by atoms with Crippen molar-refractivity contribution in [1.82, 2.24) is 0 Å². The third kappa shape index (κ3) is 3.59. The fraction of sp³-hybridized carbons (Fsp3) is 0.600. The Balaban J connectivity index is 1.42. The summed E-state index contributed by atoms with van der Waals surface area (Å²) in [5.41, 5.74) is -2.28. The van der Waals surface area contributed by atoms with Crippen LogP contribution in [0, 0.1) is 33.2 Å². The minimum atomic E-state index is -1.13. The largest absolute Gasteiger partial charge is 0.452 e. The van der Waals surface area contributed by atoms with Crippen molar-refractivity contribution in [2.75, 3.05) is 5.32 Å². The van der Waals surface area contributed by atoms with E-state index >= 15 is 0 Å². The van der Waals surface area contributed by atoms with Crippen LogP contribution in [0.25, 0.3) is 0 Å². The van der Waals surface area contributed by atoms with E-state index in [-0.39, 0.29) is 5.69 Å². The van der Waals surface area contributed by atoms with E-state index in [1.807, 2.05) is 0 Å². The molecule has 0 aromatic heterocycles. The van der Waals surface area contributed by atoms with Crippen LogP contribution in [-0.2, 0) is 14.3 Å². The Labute approximate surface area is 166 Å². The Kier molecular flexibility index (Phi) is 4.60. The number of rotatable bonds is 5. The highest BCUT2D eigenvalue weighted by Crippen LogP contribution is 2.62. The minimum absolute atomic E-state index is 0.0371. The van der Waals surface area contributed by atoms with Crippen LogP contribution in [0.5, 0.6) is 0 Å². The molecule has 2 unspecified atom stereocenters. The number of nitro benzene ring substituents is 1. The van der Waals surface area contributed by atoms with Gasteiger partial charge < -0.3 is 15.2 Å². The average molecular weight is 406 g/mol. The van der Waals surface area contributed by atoms with Crippen LogP contribution in [0.1, 0.15) is 45.4 Å². The zero-order valence-corrected chi connectivity index (χ0v) is 16.0. The molecule has 9 heteroatoms. The SMILES string of the molecule is C[C@H](OC(=O)C12C[C@@H]3C[C@@H](CC(O)(C3)C1)C2)C(=O)Nc1ccc(F)c([N+](=O)[O-])c1. The first kappa shape index (κ1) is 19.8. The fourth-order valence-electron chi connectivity index (χ4n) is 5.77. The first-order valence-corrected chi connectivity index (χ1v) is 9.77. The molecule has 0 spiro atoms. The lowest BCUT2D eigenvalue weighted by Crippen LogP contribution is -2.59. The van der Waals surface area contributed by atoms with Gasteiger partial charge in [-0.2, -0.15) is 4.39 Å². The molecule has 4 aliphatic rings. The molecule has 0 radical (unpaired) electrons. The summed E-state index contributed by atoms with van der Waals surface area (Å²) in [6.07, 6.45) is 3.04. The molecule has 2 N–H and O–H groups in total. The van der Waals surface area contributed by atoms with Gasteiger partial charge in [0.2, 0.25) is 5.82 Å². The number of benzene rings is 1. The summed E-state index contributed by atoms with van der Waals surface area (Å²) in [5, 5.41) is 24.0. The van der Waals surface area contributed by atoms with Crippen LogP contribution in [0.2, 0.25) is 0 Å². The molecular weight excluding hydrogens is 383 g/mol. The van der Waals surface area contributed by atoms with Gasteiger partial charge in [-0.25, -0.2) is 0 Å². The topological polar surface area (TPSA) is 119 Å². The maximum atomic E-state index is 13.4. The molecule has 0 saturated heterocycles. The first-order valence-electron chi connectivity index (χ1n) is 9.77. The van der Waals surface area contributed by atoms with Crippen LogP contribution in [0.15, 0.2) is 18.2 Å². The highest BCUT2D eigenvalue weighted by molar-refractivity contribution is 5.95. The molecule has 0 heterocycles. The van der Waals surface area contributed by atoms with Gasteiger partial charge in [-0.15, -0.1) is 0 Å². The van der Waals surface area contributed by atoms with Gasteiger partial charge in [0, 0.05) is 11.8 Å². The van der Waals surface area contributed by atoms with Crippen LogP contribution in [0.3, 0.4) is 0 Å². The number of nitrogens with zero attached hydrogens (tertiary/aromatic N) is 1. The number of amides is 1. The molecule has 156 valence electrons. The third-order valence-corrected chi connectivity index (χ3v) is 6.53. The fourth-order valence-corrected chi connectivity index (χ4v) is 5.77. The van der Waals surface area contributed by atoms with Gasteiger partial charge in [0.15, 0.2) is 6.10 Å². The smallest absolute Gasteiger partial charge is 0.312 e. The molecule has 0 aliphatic heterocycles. The van der Waals surface area contributed by atoms with Crippen molar-refractivity contribution in [3.63, 3.8) is 0 Å². The summed E-state index contributed by atoms with van der Waals surface area (Å²) in [6, 6.07) is 3.00. The predicted molar refractivity (Wildman–Crippen MR) is 99.3 cm³/mol. The number of carbonyl (C=O) groups is 2. The minimum Gasteiger partial charge on any atom is -0.452 e. The Morgan fingerprint density at radius 3 is 2.55 bits per heavy atom. The van der Waals surface area contributed by atoms with E-state index < -0.39 is 45.4 Å². The molecule has 5 atom stereocenters. The van der Waals surface area contributed by atoms with Crippen molar-refractivity contribution in [1.29, 1.82) is 0 Å². The van der Waals surface area contributed by atoms with Crippen LogP contribution in [0.4, 0.5) is 15.8 Å². The maximum Gasteiger partial charge on any atom is 0.312 e. The van der Waals surface area contributed by atoms with Gasteiger partial charge in [0.25, 0.3) is 5.91 Å². The Morgan fingerprint density at radius 1 is 1.31 bits per heavy atom. The van der Waals surface area contributed by atoms with Crippen LogP contribution >= 0.6 is 0 Å². The van der Waals surface area contributed by atoms with Crippen molar-refractivity contribution in [3.05, 3.63) is 34.1 Å². The van der Waals surface area contributed by atoms with Crippen molar-refractivity contribution >= 4 is 23.3 Å². The Morgan fingerprint density at radius 2 is 1.97 bits per heavy atom. The molecule has 4 aliphatic carbocycles. The summed E-state index contributed by atoms with van der Waals surface area (Å²) in [5.74, 6) is -1.54. The number of hydrogen-bond acceptors (Lipinski definition) is 6. The second kappa shape index (κ2) is 6.76. The van der Waals surface area contributed by atoms with Crippen molar-refractivity contribution in [2.24, 2.45) is 17.3 Å². The average Bonchev–Trinajstić information content (AvgIpc) is 2.60. The quantitative estimate of drug-likeness (QED) is 0.441. The van der Waals surface area contributed by atoms with Gasteiger partial charge in [-0.3, -0.25) is 19.7 Å². The van der Waals surface area contributed by atoms with Gasteiger partial charge in [-0.05, 0) is 69.4 Å². The molecule has 1 aromatic carbocycles. The molecule has 8 nitrogen and oxygen atoms in total. The summed E-state index contributed by atoms with van der Waals surface area (Å²) in [4.78, 5) is 35.3. The van der Waals surface area contributed by atoms with E-state index in [4.69, 9.17) is 4.74 Å². The van der Waals surface area contributed by atoms with Gasteiger partial charge in [0.1, 0.15) is 0 Å². The molecule has 1 amide bonds. The number of hydrogen-bond donors (Lipinski definition) is 2. The lowest BCUT2D eigenvalue weighted by Gasteiger charge is -2.58. The second-order valence-electron chi connectivity index (χ2n) is 8.93. The molecule has 29 heavy (non-hydrogen) atoms. The third-order valence-electron chi connectivity index (χ3n) is 6.53.